The van der Waals surface area contributed by atoms with Gasteiger partial charge in [0, 0.05) is 16.6 Å². The van der Waals surface area contributed by atoms with Crippen LogP contribution < -0.4 is 10.1 Å². The van der Waals surface area contributed by atoms with E-state index in [2.05, 4.69) is 21.2 Å². The number of phenols is 1. The van der Waals surface area contributed by atoms with Crippen LogP contribution in [0.1, 0.15) is 5.56 Å². The molecule has 0 atom stereocenters. The molecule has 0 bridgehead atoms. The van der Waals surface area contributed by atoms with Crippen LogP contribution in [0.2, 0.25) is 0 Å². The average Bonchev–Trinajstić information content (AvgIpc) is 2.39. The highest BCUT2D eigenvalue weighted by molar-refractivity contribution is 9.10. The van der Waals surface area contributed by atoms with Gasteiger partial charge in [0.2, 0.25) is 0 Å². The topological polar surface area (TPSA) is 41.5 Å². The van der Waals surface area contributed by atoms with Crippen LogP contribution in [0.25, 0.3) is 0 Å². The monoisotopic (exact) mass is 325 g/mol. The van der Waals surface area contributed by atoms with Crippen molar-refractivity contribution in [3.05, 3.63) is 52.3 Å². The molecule has 0 spiro atoms. The lowest BCUT2D eigenvalue weighted by Gasteiger charge is -2.11. The summed E-state index contributed by atoms with van der Waals surface area (Å²) >= 11 is 3.20. The molecule has 0 radical (unpaired) electrons. The lowest BCUT2D eigenvalue weighted by molar-refractivity contribution is 0.371. The van der Waals surface area contributed by atoms with E-state index in [4.69, 9.17) is 4.74 Å². The van der Waals surface area contributed by atoms with Gasteiger partial charge in [0.15, 0.2) is 11.5 Å². The molecule has 2 aromatic rings. The van der Waals surface area contributed by atoms with Crippen molar-refractivity contribution in [1.82, 2.24) is 0 Å². The maximum Gasteiger partial charge on any atom is 0.162 e. The van der Waals surface area contributed by atoms with E-state index in [1.54, 1.807) is 30.3 Å². The second kappa shape index (κ2) is 5.93. The maximum atomic E-state index is 13.6. The fourth-order valence-electron chi connectivity index (χ4n) is 1.70. The summed E-state index contributed by atoms with van der Waals surface area (Å²) in [6.07, 6.45) is 0. The fourth-order valence-corrected chi connectivity index (χ4v) is 2.03. The summed E-state index contributed by atoms with van der Waals surface area (Å²) in [5.41, 5.74) is 1.02. The predicted octanol–water partition coefficient (Wildman–Crippen LogP) is 3.91. The molecule has 0 fully saturated rings. The minimum Gasteiger partial charge on any atom is -0.504 e. The van der Waals surface area contributed by atoms with Crippen LogP contribution in [0.3, 0.4) is 0 Å². The zero-order valence-corrected chi connectivity index (χ0v) is 11.9. The third kappa shape index (κ3) is 3.17. The Kier molecular flexibility index (Phi) is 4.27. The standard InChI is InChI=1S/C14H13BrFNO2/c1-19-13-4-2-3-9(14(13)18)8-17-12-6-5-10(15)7-11(12)16/h2-7,17-18H,8H2,1H3. The summed E-state index contributed by atoms with van der Waals surface area (Å²) in [5.74, 6) is 0.113. The molecule has 2 rings (SSSR count). The Morgan fingerprint density at radius 2 is 2.11 bits per heavy atom. The molecule has 0 aliphatic rings. The lowest BCUT2D eigenvalue weighted by atomic mass is 10.2. The van der Waals surface area contributed by atoms with Crippen LogP contribution in [0, 0.1) is 5.82 Å². The number of hydrogen-bond acceptors (Lipinski definition) is 3. The fraction of sp³-hybridized carbons (Fsp3) is 0.143. The largest absolute Gasteiger partial charge is 0.504 e. The highest BCUT2D eigenvalue weighted by Gasteiger charge is 2.08. The summed E-state index contributed by atoms with van der Waals surface area (Å²) in [4.78, 5) is 0. The van der Waals surface area contributed by atoms with E-state index in [1.165, 1.54) is 13.2 Å². The zero-order valence-electron chi connectivity index (χ0n) is 10.3. The van der Waals surface area contributed by atoms with Crippen molar-refractivity contribution in [1.29, 1.82) is 0 Å². The van der Waals surface area contributed by atoms with Crippen LogP contribution >= 0.6 is 15.9 Å². The van der Waals surface area contributed by atoms with Crippen molar-refractivity contribution < 1.29 is 14.2 Å². The van der Waals surface area contributed by atoms with Gasteiger partial charge in [0.05, 0.1) is 12.8 Å². The normalized spacial score (nSPS) is 10.3. The molecule has 100 valence electrons. The first-order chi connectivity index (χ1) is 9.11. The molecule has 0 amide bonds. The summed E-state index contributed by atoms with van der Waals surface area (Å²) in [6.45, 7) is 0.307. The van der Waals surface area contributed by atoms with Crippen molar-refractivity contribution in [3.8, 4) is 11.5 Å². The van der Waals surface area contributed by atoms with Crippen molar-refractivity contribution in [2.24, 2.45) is 0 Å². The Morgan fingerprint density at radius 1 is 1.32 bits per heavy atom. The van der Waals surface area contributed by atoms with Gasteiger partial charge < -0.3 is 15.2 Å². The van der Waals surface area contributed by atoms with Gasteiger partial charge in [0.1, 0.15) is 5.82 Å². The molecule has 0 aromatic heterocycles. The van der Waals surface area contributed by atoms with Gasteiger partial charge in [-0.3, -0.25) is 0 Å². The number of para-hydroxylation sites is 1. The Labute approximate surface area is 119 Å². The molecule has 0 aliphatic carbocycles. The highest BCUT2D eigenvalue weighted by Crippen LogP contribution is 2.30. The Hall–Kier alpha value is -1.75. The predicted molar refractivity (Wildman–Crippen MR) is 76.1 cm³/mol. The molecular formula is C14H13BrFNO2. The van der Waals surface area contributed by atoms with Crippen LogP contribution in [0.15, 0.2) is 40.9 Å². The minimum absolute atomic E-state index is 0.0648. The van der Waals surface area contributed by atoms with Crippen LogP contribution in [-0.4, -0.2) is 12.2 Å². The van der Waals surface area contributed by atoms with E-state index in [0.717, 1.165) is 0 Å². The first-order valence-electron chi connectivity index (χ1n) is 5.65. The number of anilines is 1. The molecule has 2 N–H and O–H groups in total. The number of benzene rings is 2. The number of phenolic OH excluding ortho intramolecular Hbond substituents is 1. The third-order valence-corrected chi connectivity index (χ3v) is 3.20. The van der Waals surface area contributed by atoms with E-state index in [-0.39, 0.29) is 11.6 Å². The number of halogens is 2. The Balaban J connectivity index is 2.14. The van der Waals surface area contributed by atoms with E-state index >= 15 is 0 Å². The van der Waals surface area contributed by atoms with Crippen molar-refractivity contribution in [3.63, 3.8) is 0 Å². The van der Waals surface area contributed by atoms with Gasteiger partial charge in [-0.15, -0.1) is 0 Å². The van der Waals surface area contributed by atoms with Gasteiger partial charge in [0.25, 0.3) is 0 Å². The quantitative estimate of drug-likeness (QED) is 0.895. The van der Waals surface area contributed by atoms with Crippen LogP contribution in [0.4, 0.5) is 10.1 Å². The number of rotatable bonds is 4. The number of ether oxygens (including phenoxy) is 1. The minimum atomic E-state index is -0.350. The molecule has 0 heterocycles. The van der Waals surface area contributed by atoms with Gasteiger partial charge in [-0.1, -0.05) is 28.1 Å². The highest BCUT2D eigenvalue weighted by atomic mass is 79.9. The summed E-state index contributed by atoms with van der Waals surface area (Å²) in [5, 5.41) is 12.9. The molecule has 0 saturated carbocycles. The maximum absolute atomic E-state index is 13.6. The molecule has 0 unspecified atom stereocenters. The van der Waals surface area contributed by atoms with Gasteiger partial charge in [-0.05, 0) is 24.3 Å². The van der Waals surface area contributed by atoms with E-state index in [9.17, 15) is 9.50 Å². The molecule has 2 aromatic carbocycles. The number of methoxy groups -OCH3 is 1. The summed E-state index contributed by atoms with van der Waals surface area (Å²) < 4.78 is 19.3. The zero-order chi connectivity index (χ0) is 13.8. The van der Waals surface area contributed by atoms with Crippen molar-refractivity contribution in [2.75, 3.05) is 12.4 Å². The Bertz CT molecular complexity index is 590. The number of aromatic hydroxyl groups is 1. The first-order valence-corrected chi connectivity index (χ1v) is 6.45. The smallest absolute Gasteiger partial charge is 0.162 e. The second-order valence-electron chi connectivity index (χ2n) is 3.95. The number of hydrogen-bond donors (Lipinski definition) is 2. The second-order valence-corrected chi connectivity index (χ2v) is 4.86. The molecule has 3 nitrogen and oxygen atoms in total. The SMILES string of the molecule is COc1cccc(CNc2ccc(Br)cc2F)c1O. The van der Waals surface area contributed by atoms with Crippen molar-refractivity contribution in [2.45, 2.75) is 6.54 Å². The summed E-state index contributed by atoms with van der Waals surface area (Å²) in [7, 11) is 1.49. The molecule has 19 heavy (non-hydrogen) atoms. The molecule has 0 saturated heterocycles. The van der Waals surface area contributed by atoms with Gasteiger partial charge in [-0.25, -0.2) is 4.39 Å². The molecular weight excluding hydrogens is 313 g/mol. The molecule has 0 aliphatic heterocycles. The van der Waals surface area contributed by atoms with E-state index in [1.807, 2.05) is 0 Å². The third-order valence-electron chi connectivity index (χ3n) is 2.70. The summed E-state index contributed by atoms with van der Waals surface area (Å²) in [6, 6.07) is 9.95. The van der Waals surface area contributed by atoms with Crippen LogP contribution in [-0.2, 0) is 6.54 Å². The molecule has 5 heteroatoms. The van der Waals surface area contributed by atoms with Crippen LogP contribution in [0.5, 0.6) is 11.5 Å². The Morgan fingerprint density at radius 3 is 2.79 bits per heavy atom. The van der Waals surface area contributed by atoms with Gasteiger partial charge in [-0.2, -0.15) is 0 Å². The average molecular weight is 326 g/mol. The number of nitrogens with one attached hydrogen (secondary N) is 1. The van der Waals surface area contributed by atoms with Crippen molar-refractivity contribution >= 4 is 21.6 Å². The first kappa shape index (κ1) is 13.7. The van der Waals surface area contributed by atoms with Gasteiger partial charge >= 0.3 is 0 Å². The van der Waals surface area contributed by atoms with E-state index in [0.29, 0.717) is 28.0 Å². The van der Waals surface area contributed by atoms with E-state index < -0.39 is 0 Å². The lowest BCUT2D eigenvalue weighted by Crippen LogP contribution is -2.02.